The lowest BCUT2D eigenvalue weighted by atomic mass is 10.1. The van der Waals surface area contributed by atoms with Crippen LogP contribution in [-0.2, 0) is 13.2 Å². The number of carbonyl (C=O) groups excluding carboxylic acids is 1. The summed E-state index contributed by atoms with van der Waals surface area (Å²) in [5, 5.41) is 7.69. The molecule has 1 amide bonds. The molecule has 0 aliphatic carbocycles. The van der Waals surface area contributed by atoms with E-state index in [1.54, 1.807) is 4.68 Å². The third kappa shape index (κ3) is 2.35. The van der Waals surface area contributed by atoms with E-state index in [0.717, 1.165) is 37.6 Å². The molecule has 1 fully saturated rings. The van der Waals surface area contributed by atoms with Crippen LogP contribution < -0.4 is 10.1 Å². The molecule has 1 aromatic carbocycles. The number of amides is 1. The molecule has 6 heteroatoms. The van der Waals surface area contributed by atoms with E-state index in [-0.39, 0.29) is 5.91 Å². The first-order valence-electron chi connectivity index (χ1n) is 7.57. The molecule has 0 spiro atoms. The second-order valence-electron chi connectivity index (χ2n) is 5.66. The number of hydrogen-bond donors (Lipinski definition) is 1. The number of nitrogens with zero attached hydrogens (tertiary/aromatic N) is 3. The summed E-state index contributed by atoms with van der Waals surface area (Å²) in [7, 11) is 0. The van der Waals surface area contributed by atoms with Crippen LogP contribution in [0.3, 0.4) is 0 Å². The second kappa shape index (κ2) is 5.46. The molecule has 0 radical (unpaired) electrons. The molecule has 6 nitrogen and oxygen atoms in total. The SMILES string of the molecule is O=C1c2cc(COc3ccccc3)nn2CCN1C1CNC1. The zero-order chi connectivity index (χ0) is 14.9. The molecule has 1 saturated heterocycles. The molecule has 0 saturated carbocycles. The summed E-state index contributed by atoms with van der Waals surface area (Å²) >= 11 is 0. The molecule has 2 aliphatic heterocycles. The van der Waals surface area contributed by atoms with Crippen LogP contribution >= 0.6 is 0 Å². The fourth-order valence-electron chi connectivity index (χ4n) is 2.85. The normalized spacial score (nSPS) is 18.0. The van der Waals surface area contributed by atoms with Crippen LogP contribution in [0.5, 0.6) is 5.75 Å². The lowest BCUT2D eigenvalue weighted by Crippen LogP contribution is -2.60. The van der Waals surface area contributed by atoms with Crippen LogP contribution in [0.15, 0.2) is 36.4 Å². The molecule has 22 heavy (non-hydrogen) atoms. The molecule has 3 heterocycles. The number of ether oxygens (including phenoxy) is 1. The zero-order valence-corrected chi connectivity index (χ0v) is 12.2. The van der Waals surface area contributed by atoms with Gasteiger partial charge in [0.1, 0.15) is 23.7 Å². The highest BCUT2D eigenvalue weighted by molar-refractivity contribution is 5.93. The third-order valence-electron chi connectivity index (χ3n) is 4.19. The van der Waals surface area contributed by atoms with Gasteiger partial charge in [0.25, 0.3) is 5.91 Å². The highest BCUT2D eigenvalue weighted by Crippen LogP contribution is 2.19. The number of fused-ring (bicyclic) bond motifs is 1. The average molecular weight is 298 g/mol. The van der Waals surface area contributed by atoms with E-state index in [2.05, 4.69) is 10.4 Å². The Labute approximate surface area is 128 Å². The zero-order valence-electron chi connectivity index (χ0n) is 12.2. The Bertz CT molecular complexity index is 679. The van der Waals surface area contributed by atoms with Crippen molar-refractivity contribution in [1.29, 1.82) is 0 Å². The van der Waals surface area contributed by atoms with Gasteiger partial charge in [-0.25, -0.2) is 0 Å². The molecule has 4 rings (SSSR count). The molecule has 0 bridgehead atoms. The van der Waals surface area contributed by atoms with E-state index in [1.165, 1.54) is 0 Å². The van der Waals surface area contributed by atoms with Crippen LogP contribution in [0.1, 0.15) is 16.2 Å². The number of para-hydroxylation sites is 1. The first kappa shape index (κ1) is 13.3. The molecule has 0 unspecified atom stereocenters. The van der Waals surface area contributed by atoms with Gasteiger partial charge in [-0.2, -0.15) is 5.10 Å². The predicted molar refractivity (Wildman–Crippen MR) is 80.7 cm³/mol. The summed E-state index contributed by atoms with van der Waals surface area (Å²) in [5.74, 6) is 0.887. The van der Waals surface area contributed by atoms with Gasteiger partial charge in [0.05, 0.1) is 12.6 Å². The largest absolute Gasteiger partial charge is 0.487 e. The van der Waals surface area contributed by atoms with Crippen molar-refractivity contribution in [2.45, 2.75) is 19.2 Å². The number of nitrogens with one attached hydrogen (secondary N) is 1. The molecule has 114 valence electrons. The van der Waals surface area contributed by atoms with Crippen molar-refractivity contribution in [3.05, 3.63) is 47.8 Å². The molecule has 2 aliphatic rings. The van der Waals surface area contributed by atoms with Crippen molar-refractivity contribution in [3.8, 4) is 5.75 Å². The van der Waals surface area contributed by atoms with Crippen LogP contribution in [0.4, 0.5) is 0 Å². The Hall–Kier alpha value is -2.34. The first-order chi connectivity index (χ1) is 10.8. The van der Waals surface area contributed by atoms with E-state index >= 15 is 0 Å². The summed E-state index contributed by atoms with van der Waals surface area (Å²) in [5.41, 5.74) is 1.46. The summed E-state index contributed by atoms with van der Waals surface area (Å²) < 4.78 is 7.50. The van der Waals surface area contributed by atoms with Crippen LogP contribution in [0.25, 0.3) is 0 Å². The Kier molecular flexibility index (Phi) is 3.31. The van der Waals surface area contributed by atoms with Gasteiger partial charge in [0.2, 0.25) is 0 Å². The Balaban J connectivity index is 1.47. The summed E-state index contributed by atoms with van der Waals surface area (Å²) in [4.78, 5) is 14.5. The Morgan fingerprint density at radius 2 is 2.05 bits per heavy atom. The molecule has 0 atom stereocenters. The minimum absolute atomic E-state index is 0.0798. The van der Waals surface area contributed by atoms with Crippen molar-refractivity contribution in [2.24, 2.45) is 0 Å². The van der Waals surface area contributed by atoms with E-state index < -0.39 is 0 Å². The molecule has 1 aromatic heterocycles. The topological polar surface area (TPSA) is 59.4 Å². The van der Waals surface area contributed by atoms with Crippen molar-refractivity contribution in [1.82, 2.24) is 20.0 Å². The van der Waals surface area contributed by atoms with Crippen molar-refractivity contribution in [2.75, 3.05) is 19.6 Å². The van der Waals surface area contributed by atoms with E-state index in [9.17, 15) is 4.79 Å². The maximum atomic E-state index is 12.5. The number of rotatable bonds is 4. The minimum Gasteiger partial charge on any atom is -0.487 e. The van der Waals surface area contributed by atoms with Gasteiger partial charge in [-0.3, -0.25) is 9.48 Å². The molecular formula is C16H18N4O2. The maximum absolute atomic E-state index is 12.5. The van der Waals surface area contributed by atoms with E-state index in [1.807, 2.05) is 41.3 Å². The van der Waals surface area contributed by atoms with Gasteiger partial charge in [-0.15, -0.1) is 0 Å². The fourth-order valence-corrected chi connectivity index (χ4v) is 2.85. The second-order valence-corrected chi connectivity index (χ2v) is 5.66. The molecular weight excluding hydrogens is 280 g/mol. The maximum Gasteiger partial charge on any atom is 0.272 e. The highest BCUT2D eigenvalue weighted by Gasteiger charge is 2.34. The van der Waals surface area contributed by atoms with Crippen LogP contribution in [0.2, 0.25) is 0 Å². The third-order valence-corrected chi connectivity index (χ3v) is 4.19. The monoisotopic (exact) mass is 298 g/mol. The fraction of sp³-hybridized carbons (Fsp3) is 0.375. The van der Waals surface area contributed by atoms with Crippen molar-refractivity contribution < 1.29 is 9.53 Å². The predicted octanol–water partition coefficient (Wildman–Crippen LogP) is 0.890. The Morgan fingerprint density at radius 1 is 1.23 bits per heavy atom. The van der Waals surface area contributed by atoms with Gasteiger partial charge < -0.3 is 15.0 Å². The van der Waals surface area contributed by atoms with Gasteiger partial charge in [0.15, 0.2) is 0 Å². The van der Waals surface area contributed by atoms with Gasteiger partial charge in [-0.05, 0) is 18.2 Å². The number of hydrogen-bond acceptors (Lipinski definition) is 4. The van der Waals surface area contributed by atoms with Crippen LogP contribution in [-0.4, -0.2) is 46.3 Å². The summed E-state index contributed by atoms with van der Waals surface area (Å²) in [6.07, 6.45) is 0. The van der Waals surface area contributed by atoms with Gasteiger partial charge >= 0.3 is 0 Å². The summed E-state index contributed by atoms with van der Waals surface area (Å²) in [6.45, 7) is 3.65. The quantitative estimate of drug-likeness (QED) is 0.911. The molecule has 2 aromatic rings. The number of aromatic nitrogens is 2. The van der Waals surface area contributed by atoms with E-state index in [4.69, 9.17) is 4.74 Å². The highest BCUT2D eigenvalue weighted by atomic mass is 16.5. The number of benzene rings is 1. The van der Waals surface area contributed by atoms with Crippen molar-refractivity contribution in [3.63, 3.8) is 0 Å². The standard InChI is InChI=1S/C16H18N4O2/c21-16-15-8-12(11-22-14-4-2-1-3-5-14)18-20(15)7-6-19(16)13-9-17-10-13/h1-5,8,13,17H,6-7,9-11H2. The smallest absolute Gasteiger partial charge is 0.272 e. The summed E-state index contributed by atoms with van der Waals surface area (Å²) in [6, 6.07) is 11.8. The molecule has 1 N–H and O–H groups in total. The Morgan fingerprint density at radius 3 is 2.77 bits per heavy atom. The van der Waals surface area contributed by atoms with Crippen LogP contribution in [0, 0.1) is 0 Å². The average Bonchev–Trinajstić information content (AvgIpc) is 2.91. The van der Waals surface area contributed by atoms with Gasteiger partial charge in [-0.1, -0.05) is 18.2 Å². The first-order valence-corrected chi connectivity index (χ1v) is 7.57. The number of carbonyl (C=O) groups is 1. The lowest BCUT2D eigenvalue weighted by molar-refractivity contribution is 0.0543. The van der Waals surface area contributed by atoms with Gasteiger partial charge in [0, 0.05) is 19.6 Å². The lowest BCUT2D eigenvalue weighted by Gasteiger charge is -2.40. The van der Waals surface area contributed by atoms with E-state index in [0.29, 0.717) is 18.3 Å². The van der Waals surface area contributed by atoms with Crippen molar-refractivity contribution >= 4 is 5.91 Å². The minimum atomic E-state index is 0.0798.